The summed E-state index contributed by atoms with van der Waals surface area (Å²) in [5.74, 6) is 0.376. The first-order chi connectivity index (χ1) is 12.7. The smallest absolute Gasteiger partial charge is 0.316 e. The van der Waals surface area contributed by atoms with Gasteiger partial charge in [-0.3, -0.25) is 9.59 Å². The largest absolute Gasteiger partial charge is 0.497 e. The van der Waals surface area contributed by atoms with Gasteiger partial charge in [0.25, 0.3) is 5.91 Å². The molecule has 0 saturated carbocycles. The zero-order valence-corrected chi connectivity index (χ0v) is 15.5. The van der Waals surface area contributed by atoms with Gasteiger partial charge in [0.1, 0.15) is 5.75 Å². The van der Waals surface area contributed by atoms with Crippen LogP contribution in [0.2, 0.25) is 0 Å². The molecule has 0 spiro atoms. The van der Waals surface area contributed by atoms with Crippen LogP contribution in [-0.2, 0) is 20.7 Å². The molecule has 1 aliphatic rings. The van der Waals surface area contributed by atoms with Gasteiger partial charge in [0.15, 0.2) is 6.61 Å². The molecule has 0 aromatic heterocycles. The first kappa shape index (κ1) is 18.3. The lowest BCUT2D eigenvalue weighted by Crippen LogP contribution is -2.38. The molecule has 136 valence electrons. The number of aryl methyl sites for hydroxylation is 1. The molecule has 0 fully saturated rings. The van der Waals surface area contributed by atoms with Crippen molar-refractivity contribution >= 4 is 29.3 Å². The average molecular weight is 371 g/mol. The van der Waals surface area contributed by atoms with Crippen LogP contribution in [0.1, 0.15) is 12.0 Å². The maximum absolute atomic E-state index is 12.5. The van der Waals surface area contributed by atoms with Gasteiger partial charge in [-0.15, -0.1) is 11.8 Å². The number of amides is 1. The minimum Gasteiger partial charge on any atom is -0.497 e. The molecule has 0 aliphatic carbocycles. The molecule has 1 heterocycles. The number of carbonyl (C=O) groups is 2. The normalized spacial score (nSPS) is 13.0. The topological polar surface area (TPSA) is 55.8 Å². The van der Waals surface area contributed by atoms with E-state index in [4.69, 9.17) is 9.47 Å². The summed E-state index contributed by atoms with van der Waals surface area (Å²) < 4.78 is 10.4. The summed E-state index contributed by atoms with van der Waals surface area (Å²) in [6, 6.07) is 15.3. The van der Waals surface area contributed by atoms with Gasteiger partial charge >= 0.3 is 5.97 Å². The first-order valence-electron chi connectivity index (χ1n) is 8.48. The Morgan fingerprint density at radius 3 is 2.73 bits per heavy atom. The van der Waals surface area contributed by atoms with E-state index in [0.29, 0.717) is 6.54 Å². The van der Waals surface area contributed by atoms with Gasteiger partial charge in [0, 0.05) is 17.1 Å². The fourth-order valence-corrected chi connectivity index (χ4v) is 3.60. The third kappa shape index (κ3) is 4.58. The standard InChI is InChI=1S/C20H21NO4S/c1-24-16-9-10-18-15(12-16)6-5-11-21(18)19(22)13-25-20(23)14-26-17-7-3-2-4-8-17/h2-4,7-10,12H,5-6,11,13-14H2,1H3. The van der Waals surface area contributed by atoms with Crippen molar-refractivity contribution < 1.29 is 19.1 Å². The second-order valence-corrected chi connectivity index (χ2v) is 6.95. The number of esters is 1. The number of methoxy groups -OCH3 is 1. The third-order valence-corrected chi connectivity index (χ3v) is 5.15. The molecule has 5 nitrogen and oxygen atoms in total. The van der Waals surface area contributed by atoms with Crippen molar-refractivity contribution in [1.29, 1.82) is 0 Å². The number of hydrogen-bond donors (Lipinski definition) is 0. The van der Waals surface area contributed by atoms with Gasteiger partial charge in [-0.25, -0.2) is 0 Å². The fraction of sp³-hybridized carbons (Fsp3) is 0.300. The maximum Gasteiger partial charge on any atom is 0.316 e. The van der Waals surface area contributed by atoms with E-state index in [2.05, 4.69) is 0 Å². The molecule has 1 aliphatic heterocycles. The SMILES string of the molecule is COc1ccc2c(c1)CCCN2C(=O)COC(=O)CSc1ccccc1. The van der Waals surface area contributed by atoms with E-state index in [0.717, 1.165) is 34.7 Å². The lowest BCUT2D eigenvalue weighted by molar-refractivity contribution is -0.145. The van der Waals surface area contributed by atoms with Crippen LogP contribution >= 0.6 is 11.8 Å². The van der Waals surface area contributed by atoms with Crippen molar-refractivity contribution in [2.45, 2.75) is 17.7 Å². The molecule has 0 N–H and O–H groups in total. The number of rotatable bonds is 6. The molecular formula is C20H21NO4S. The van der Waals surface area contributed by atoms with E-state index in [1.807, 2.05) is 48.5 Å². The molecule has 0 unspecified atom stereocenters. The Morgan fingerprint density at radius 1 is 1.15 bits per heavy atom. The number of anilines is 1. The Labute approximate surface area is 157 Å². The molecule has 6 heteroatoms. The summed E-state index contributed by atoms with van der Waals surface area (Å²) in [4.78, 5) is 27.1. The van der Waals surface area contributed by atoms with Crippen LogP contribution in [0.25, 0.3) is 0 Å². The summed E-state index contributed by atoms with van der Waals surface area (Å²) >= 11 is 1.40. The van der Waals surface area contributed by atoms with E-state index in [9.17, 15) is 9.59 Å². The monoisotopic (exact) mass is 371 g/mol. The zero-order chi connectivity index (χ0) is 18.4. The highest BCUT2D eigenvalue weighted by Crippen LogP contribution is 2.30. The van der Waals surface area contributed by atoms with E-state index in [1.165, 1.54) is 11.8 Å². The van der Waals surface area contributed by atoms with Crippen LogP contribution in [0.5, 0.6) is 5.75 Å². The van der Waals surface area contributed by atoms with Crippen LogP contribution in [-0.4, -0.2) is 37.9 Å². The molecule has 2 aromatic carbocycles. The predicted molar refractivity (Wildman–Crippen MR) is 102 cm³/mol. The summed E-state index contributed by atoms with van der Waals surface area (Å²) in [7, 11) is 1.63. The van der Waals surface area contributed by atoms with Crippen molar-refractivity contribution in [3.05, 3.63) is 54.1 Å². The molecule has 0 radical (unpaired) electrons. The molecule has 0 saturated heterocycles. The Balaban J connectivity index is 1.53. The molecule has 3 rings (SSSR count). The number of benzene rings is 2. The van der Waals surface area contributed by atoms with Gasteiger partial charge in [-0.2, -0.15) is 0 Å². The minimum absolute atomic E-state index is 0.186. The second-order valence-electron chi connectivity index (χ2n) is 5.91. The van der Waals surface area contributed by atoms with Crippen molar-refractivity contribution in [1.82, 2.24) is 0 Å². The van der Waals surface area contributed by atoms with Gasteiger partial charge < -0.3 is 14.4 Å². The van der Waals surface area contributed by atoms with E-state index < -0.39 is 0 Å². The molecule has 1 amide bonds. The Hall–Kier alpha value is -2.47. The summed E-state index contributed by atoms with van der Waals surface area (Å²) in [6.45, 7) is 0.397. The van der Waals surface area contributed by atoms with Crippen molar-refractivity contribution in [2.24, 2.45) is 0 Å². The van der Waals surface area contributed by atoms with Crippen LogP contribution < -0.4 is 9.64 Å². The van der Waals surface area contributed by atoms with E-state index in [1.54, 1.807) is 12.0 Å². The number of hydrogen-bond acceptors (Lipinski definition) is 5. The highest BCUT2D eigenvalue weighted by Gasteiger charge is 2.23. The second kappa shape index (κ2) is 8.76. The Kier molecular flexibility index (Phi) is 6.17. The summed E-state index contributed by atoms with van der Waals surface area (Å²) in [6.07, 6.45) is 1.79. The highest BCUT2D eigenvalue weighted by atomic mass is 32.2. The summed E-state index contributed by atoms with van der Waals surface area (Å²) in [5.41, 5.74) is 1.95. The molecule has 26 heavy (non-hydrogen) atoms. The van der Waals surface area contributed by atoms with E-state index in [-0.39, 0.29) is 24.2 Å². The number of carbonyl (C=O) groups excluding carboxylic acids is 2. The molecule has 2 aromatic rings. The number of thioether (sulfide) groups is 1. The Bertz CT molecular complexity index is 779. The Morgan fingerprint density at radius 2 is 1.96 bits per heavy atom. The van der Waals surface area contributed by atoms with Crippen LogP contribution in [0, 0.1) is 0 Å². The fourth-order valence-electron chi connectivity index (χ4n) is 2.88. The molecule has 0 bridgehead atoms. The van der Waals surface area contributed by atoms with E-state index >= 15 is 0 Å². The lowest BCUT2D eigenvalue weighted by Gasteiger charge is -2.29. The van der Waals surface area contributed by atoms with Gasteiger partial charge in [-0.05, 0) is 48.7 Å². The number of nitrogens with zero attached hydrogens (tertiary/aromatic N) is 1. The molecule has 0 atom stereocenters. The molecular weight excluding hydrogens is 350 g/mol. The van der Waals surface area contributed by atoms with Crippen molar-refractivity contribution in [2.75, 3.05) is 30.9 Å². The summed E-state index contributed by atoms with van der Waals surface area (Å²) in [5, 5.41) is 0. The quantitative estimate of drug-likeness (QED) is 0.576. The van der Waals surface area contributed by atoms with Crippen molar-refractivity contribution in [3.8, 4) is 5.75 Å². The number of ether oxygens (including phenoxy) is 2. The van der Waals surface area contributed by atoms with Gasteiger partial charge in [0.05, 0.1) is 12.9 Å². The highest BCUT2D eigenvalue weighted by molar-refractivity contribution is 8.00. The van der Waals surface area contributed by atoms with Crippen LogP contribution in [0.15, 0.2) is 53.4 Å². The zero-order valence-electron chi connectivity index (χ0n) is 14.6. The van der Waals surface area contributed by atoms with Crippen molar-refractivity contribution in [3.63, 3.8) is 0 Å². The maximum atomic E-state index is 12.5. The van der Waals surface area contributed by atoms with Gasteiger partial charge in [0.2, 0.25) is 0 Å². The van der Waals surface area contributed by atoms with Crippen LogP contribution in [0.3, 0.4) is 0 Å². The third-order valence-electron chi connectivity index (χ3n) is 4.16. The average Bonchev–Trinajstić information content (AvgIpc) is 2.70. The predicted octanol–water partition coefficient (Wildman–Crippen LogP) is 3.31. The minimum atomic E-state index is -0.390. The van der Waals surface area contributed by atoms with Gasteiger partial charge in [-0.1, -0.05) is 18.2 Å². The number of fused-ring (bicyclic) bond motifs is 1. The lowest BCUT2D eigenvalue weighted by atomic mass is 10.0. The first-order valence-corrected chi connectivity index (χ1v) is 9.46. The van der Waals surface area contributed by atoms with Crippen LogP contribution in [0.4, 0.5) is 5.69 Å².